The molecule has 2 aliphatic rings. The molecule has 0 aromatic heterocycles. The van der Waals surface area contributed by atoms with E-state index in [0.717, 1.165) is 31.5 Å². The predicted octanol–water partition coefficient (Wildman–Crippen LogP) is 3.19. The Hall–Kier alpha value is -1.59. The van der Waals surface area contributed by atoms with Crippen molar-refractivity contribution in [3.8, 4) is 0 Å². The van der Waals surface area contributed by atoms with E-state index in [2.05, 4.69) is 17.1 Å². The number of hydrogen-bond acceptors (Lipinski definition) is 3. The fourth-order valence-electron chi connectivity index (χ4n) is 3.55. The molecule has 3 amide bonds. The molecule has 1 aromatic rings. The average Bonchev–Trinajstić information content (AvgIpc) is 2.82. The van der Waals surface area contributed by atoms with Gasteiger partial charge in [-0.05, 0) is 42.9 Å². The zero-order valence-corrected chi connectivity index (χ0v) is 15.0. The van der Waals surface area contributed by atoms with E-state index in [9.17, 15) is 9.59 Å². The number of benzene rings is 1. The van der Waals surface area contributed by atoms with Gasteiger partial charge in [0.05, 0.1) is 6.67 Å². The fraction of sp³-hybridized carbons (Fsp3) is 0.556. The van der Waals surface area contributed by atoms with Gasteiger partial charge in [-0.2, -0.15) is 0 Å². The molecule has 3 rings (SSSR count). The van der Waals surface area contributed by atoms with Crippen molar-refractivity contribution >= 4 is 23.5 Å². The first kappa shape index (κ1) is 17.2. The predicted molar refractivity (Wildman–Crippen MR) is 93.6 cm³/mol. The Morgan fingerprint density at radius 1 is 1.29 bits per heavy atom. The number of halogens is 1. The highest BCUT2D eigenvalue weighted by molar-refractivity contribution is 6.30. The molecular weight excluding hydrogens is 326 g/mol. The van der Waals surface area contributed by atoms with Crippen LogP contribution in [0.3, 0.4) is 0 Å². The highest BCUT2D eigenvalue weighted by Gasteiger charge is 2.51. The van der Waals surface area contributed by atoms with Crippen LogP contribution in [-0.2, 0) is 10.3 Å². The molecule has 2 aliphatic heterocycles. The molecule has 2 heterocycles. The van der Waals surface area contributed by atoms with Crippen molar-refractivity contribution < 1.29 is 9.59 Å². The molecule has 0 radical (unpaired) electrons. The van der Waals surface area contributed by atoms with E-state index in [1.165, 1.54) is 4.90 Å². The summed E-state index contributed by atoms with van der Waals surface area (Å²) in [6, 6.07) is 6.86. The van der Waals surface area contributed by atoms with Crippen molar-refractivity contribution in [2.45, 2.75) is 38.6 Å². The van der Waals surface area contributed by atoms with Crippen LogP contribution >= 0.6 is 11.6 Å². The second-order valence-electron chi connectivity index (χ2n) is 6.87. The van der Waals surface area contributed by atoms with Gasteiger partial charge in [-0.15, -0.1) is 0 Å². The van der Waals surface area contributed by atoms with E-state index < -0.39 is 5.54 Å². The Labute approximate surface area is 147 Å². The van der Waals surface area contributed by atoms with Crippen molar-refractivity contribution in [2.75, 3.05) is 19.8 Å². The summed E-state index contributed by atoms with van der Waals surface area (Å²) in [6.45, 7) is 6.36. The van der Waals surface area contributed by atoms with Crippen LogP contribution in [0, 0.1) is 5.92 Å². The minimum atomic E-state index is -1.01. The van der Waals surface area contributed by atoms with Crippen LogP contribution in [-0.4, -0.2) is 41.5 Å². The smallest absolute Gasteiger partial charge is 0.319 e. The first-order chi connectivity index (χ1) is 11.5. The topological polar surface area (TPSA) is 52.7 Å². The molecule has 130 valence electrons. The van der Waals surface area contributed by atoms with Crippen LogP contribution < -0.4 is 5.32 Å². The van der Waals surface area contributed by atoms with Crippen LogP contribution in [0.15, 0.2) is 24.3 Å². The number of urea groups is 1. The number of nitrogens with zero attached hydrogens (tertiary/aromatic N) is 2. The summed E-state index contributed by atoms with van der Waals surface area (Å²) in [5.74, 6) is 0.529. The Morgan fingerprint density at radius 2 is 2.00 bits per heavy atom. The lowest BCUT2D eigenvalue weighted by atomic mass is 9.87. The second kappa shape index (κ2) is 6.73. The summed E-state index contributed by atoms with van der Waals surface area (Å²) in [5.41, 5.74) is -0.268. The molecule has 0 spiro atoms. The number of nitrogens with one attached hydrogen (secondary N) is 1. The van der Waals surface area contributed by atoms with Gasteiger partial charge in [-0.1, -0.05) is 37.6 Å². The fourth-order valence-corrected chi connectivity index (χ4v) is 3.74. The van der Waals surface area contributed by atoms with E-state index in [-0.39, 0.29) is 11.9 Å². The number of piperidine rings is 1. The minimum absolute atomic E-state index is 0.184. The van der Waals surface area contributed by atoms with Crippen LogP contribution in [0.25, 0.3) is 0 Å². The Bertz CT molecular complexity index is 643. The van der Waals surface area contributed by atoms with Gasteiger partial charge in [0.25, 0.3) is 5.91 Å². The van der Waals surface area contributed by atoms with Crippen molar-refractivity contribution in [1.82, 2.24) is 15.1 Å². The lowest BCUT2D eigenvalue weighted by Crippen LogP contribution is -2.46. The van der Waals surface area contributed by atoms with Crippen LogP contribution in [0.2, 0.25) is 5.02 Å². The molecule has 0 aliphatic carbocycles. The first-order valence-corrected chi connectivity index (χ1v) is 8.96. The summed E-state index contributed by atoms with van der Waals surface area (Å²) < 4.78 is 0. The van der Waals surface area contributed by atoms with E-state index in [1.54, 1.807) is 12.1 Å². The molecule has 6 heteroatoms. The van der Waals surface area contributed by atoms with E-state index in [1.807, 2.05) is 19.1 Å². The van der Waals surface area contributed by atoms with Crippen molar-refractivity contribution in [3.63, 3.8) is 0 Å². The van der Waals surface area contributed by atoms with Crippen LogP contribution in [0.5, 0.6) is 0 Å². The van der Waals surface area contributed by atoms with Gasteiger partial charge in [0.1, 0.15) is 5.54 Å². The van der Waals surface area contributed by atoms with E-state index >= 15 is 0 Å². The maximum Gasteiger partial charge on any atom is 0.326 e. The minimum Gasteiger partial charge on any atom is -0.319 e. The monoisotopic (exact) mass is 349 g/mol. The SMILES string of the molecule is CCC1(c2cccc(Cl)c2)NC(=O)N(CN2CCC(C)CC2)C1=O. The largest absolute Gasteiger partial charge is 0.326 e. The molecule has 0 saturated carbocycles. The van der Waals surface area contributed by atoms with Gasteiger partial charge in [0.2, 0.25) is 0 Å². The van der Waals surface area contributed by atoms with Gasteiger partial charge >= 0.3 is 6.03 Å². The number of carbonyl (C=O) groups is 2. The normalized spacial score (nSPS) is 26.0. The zero-order chi connectivity index (χ0) is 17.3. The molecule has 24 heavy (non-hydrogen) atoms. The molecule has 2 saturated heterocycles. The third-order valence-corrected chi connectivity index (χ3v) is 5.48. The third-order valence-electron chi connectivity index (χ3n) is 5.24. The molecule has 1 N–H and O–H groups in total. The van der Waals surface area contributed by atoms with Crippen molar-refractivity contribution in [2.24, 2.45) is 5.92 Å². The zero-order valence-electron chi connectivity index (χ0n) is 14.2. The highest BCUT2D eigenvalue weighted by Crippen LogP contribution is 2.34. The summed E-state index contributed by atoms with van der Waals surface area (Å²) in [6.07, 6.45) is 2.71. The summed E-state index contributed by atoms with van der Waals surface area (Å²) in [7, 11) is 0. The number of carbonyl (C=O) groups excluding carboxylic acids is 2. The van der Waals surface area contributed by atoms with Gasteiger partial charge in [-0.25, -0.2) is 9.69 Å². The van der Waals surface area contributed by atoms with Gasteiger partial charge in [-0.3, -0.25) is 9.69 Å². The summed E-state index contributed by atoms with van der Waals surface area (Å²) in [5, 5.41) is 3.47. The lowest BCUT2D eigenvalue weighted by Gasteiger charge is -2.32. The molecule has 0 bridgehead atoms. The van der Waals surface area contributed by atoms with Gasteiger partial charge in [0, 0.05) is 18.1 Å². The second-order valence-corrected chi connectivity index (χ2v) is 7.31. The summed E-state index contributed by atoms with van der Waals surface area (Å²) in [4.78, 5) is 29.1. The Balaban J connectivity index is 1.81. The maximum atomic E-state index is 13.1. The standard InChI is InChI=1S/C18H24ClN3O2/c1-3-18(14-5-4-6-15(19)11-14)16(23)22(17(24)20-18)12-21-9-7-13(2)8-10-21/h4-6,11,13H,3,7-10,12H2,1-2H3,(H,20,24). The van der Waals surface area contributed by atoms with Crippen molar-refractivity contribution in [3.05, 3.63) is 34.9 Å². The summed E-state index contributed by atoms with van der Waals surface area (Å²) >= 11 is 6.09. The Kier molecular flexibility index (Phi) is 4.83. The molecular formula is C18H24ClN3O2. The average molecular weight is 350 g/mol. The molecule has 1 unspecified atom stereocenters. The molecule has 2 fully saturated rings. The highest BCUT2D eigenvalue weighted by atomic mass is 35.5. The number of amides is 3. The Morgan fingerprint density at radius 3 is 2.62 bits per heavy atom. The van der Waals surface area contributed by atoms with Crippen LogP contribution in [0.4, 0.5) is 4.79 Å². The number of likely N-dealkylation sites (tertiary alicyclic amines) is 1. The number of hydrogen-bond donors (Lipinski definition) is 1. The van der Waals surface area contributed by atoms with Crippen LogP contribution in [0.1, 0.15) is 38.7 Å². The van der Waals surface area contributed by atoms with Gasteiger partial charge < -0.3 is 5.32 Å². The number of imide groups is 1. The van der Waals surface area contributed by atoms with E-state index in [4.69, 9.17) is 11.6 Å². The quantitative estimate of drug-likeness (QED) is 0.849. The lowest BCUT2D eigenvalue weighted by molar-refractivity contribution is -0.133. The molecule has 1 aromatic carbocycles. The maximum absolute atomic E-state index is 13.1. The number of rotatable bonds is 4. The first-order valence-electron chi connectivity index (χ1n) is 8.59. The van der Waals surface area contributed by atoms with Gasteiger partial charge in [0.15, 0.2) is 0 Å². The molecule has 1 atom stereocenters. The van der Waals surface area contributed by atoms with Crippen molar-refractivity contribution in [1.29, 1.82) is 0 Å². The molecule has 5 nitrogen and oxygen atoms in total. The third kappa shape index (κ3) is 3.03. The van der Waals surface area contributed by atoms with E-state index in [0.29, 0.717) is 24.0 Å².